The van der Waals surface area contributed by atoms with Crippen molar-refractivity contribution >= 4 is 12.4 Å². The molecular formula is C19H22N2O3. The highest BCUT2D eigenvalue weighted by Gasteiger charge is 2.40. The van der Waals surface area contributed by atoms with Crippen LogP contribution in [-0.4, -0.2) is 24.5 Å². The Morgan fingerprint density at radius 1 is 1.21 bits per heavy atom. The highest BCUT2D eigenvalue weighted by Crippen LogP contribution is 2.41. The number of pyridine rings is 1. The Labute approximate surface area is 142 Å². The van der Waals surface area contributed by atoms with Crippen molar-refractivity contribution in [2.24, 2.45) is 5.41 Å². The smallest absolute Gasteiger partial charge is 0.312 e. The minimum atomic E-state index is -0.750. The molecule has 24 heavy (non-hydrogen) atoms. The number of hydrogen-bond acceptors (Lipinski definition) is 4. The number of carbonyl (C=O) groups is 2. The molecule has 1 aromatic carbocycles. The van der Waals surface area contributed by atoms with Crippen LogP contribution in [0, 0.1) is 5.41 Å². The van der Waals surface area contributed by atoms with E-state index in [1.54, 1.807) is 6.20 Å². The molecule has 0 spiro atoms. The number of nitrogens with one attached hydrogen (secondary N) is 1. The maximum absolute atomic E-state index is 12.3. The Balaban J connectivity index is 2.43. The number of nitrogens with zero attached hydrogens (tertiary/aromatic N) is 1. The van der Waals surface area contributed by atoms with Crippen LogP contribution in [0.5, 0.6) is 0 Å². The van der Waals surface area contributed by atoms with Crippen molar-refractivity contribution in [3.63, 3.8) is 0 Å². The first-order valence-corrected chi connectivity index (χ1v) is 7.76. The van der Waals surface area contributed by atoms with Gasteiger partial charge in [0.05, 0.1) is 24.8 Å². The number of rotatable bonds is 7. The van der Waals surface area contributed by atoms with Gasteiger partial charge in [-0.25, -0.2) is 0 Å². The summed E-state index contributed by atoms with van der Waals surface area (Å²) in [6.45, 7) is 4.12. The number of esters is 1. The second kappa shape index (κ2) is 7.73. The molecular weight excluding hydrogens is 304 g/mol. The number of aromatic nitrogens is 1. The van der Waals surface area contributed by atoms with Gasteiger partial charge in [-0.1, -0.05) is 36.4 Å². The molecule has 1 heterocycles. The lowest BCUT2D eigenvalue weighted by Crippen LogP contribution is -2.33. The largest absolute Gasteiger partial charge is 0.469 e. The summed E-state index contributed by atoms with van der Waals surface area (Å²) < 4.78 is 5.01. The van der Waals surface area contributed by atoms with Crippen LogP contribution in [0.15, 0.2) is 48.7 Å². The lowest BCUT2D eigenvalue weighted by Gasteiger charge is -2.32. The van der Waals surface area contributed by atoms with Crippen LogP contribution < -0.4 is 5.32 Å². The summed E-state index contributed by atoms with van der Waals surface area (Å²) in [5, 5.41) is 2.59. The number of methoxy groups -OCH3 is 1. The average Bonchev–Trinajstić information content (AvgIpc) is 2.61. The standard InChI is InChI=1S/C19H22N2O3/c1-19(2,18(23)24-3)17(14-7-5-4-6-8-14)15-9-10-16(21-11-15)12-20-13-22/h4-11,13,17H,12H2,1-3H3,(H,20,22). The van der Waals surface area contributed by atoms with Crippen LogP contribution in [-0.2, 0) is 20.9 Å². The molecule has 0 aliphatic carbocycles. The summed E-state index contributed by atoms with van der Waals surface area (Å²) >= 11 is 0. The van der Waals surface area contributed by atoms with Gasteiger partial charge < -0.3 is 10.1 Å². The van der Waals surface area contributed by atoms with Crippen LogP contribution in [0.1, 0.15) is 36.6 Å². The van der Waals surface area contributed by atoms with Crippen molar-refractivity contribution in [3.8, 4) is 0 Å². The van der Waals surface area contributed by atoms with Crippen molar-refractivity contribution in [1.29, 1.82) is 0 Å². The Morgan fingerprint density at radius 3 is 2.46 bits per heavy atom. The fourth-order valence-corrected chi connectivity index (χ4v) is 2.91. The molecule has 0 fully saturated rings. The van der Waals surface area contributed by atoms with E-state index in [4.69, 9.17) is 4.74 Å². The third-order valence-electron chi connectivity index (χ3n) is 4.11. The second-order valence-corrected chi connectivity index (χ2v) is 6.14. The van der Waals surface area contributed by atoms with E-state index in [2.05, 4.69) is 10.3 Å². The van der Waals surface area contributed by atoms with Gasteiger partial charge in [-0.15, -0.1) is 0 Å². The van der Waals surface area contributed by atoms with Crippen molar-refractivity contribution in [3.05, 3.63) is 65.5 Å². The molecule has 5 nitrogen and oxygen atoms in total. The summed E-state index contributed by atoms with van der Waals surface area (Å²) in [6.07, 6.45) is 2.40. The first-order chi connectivity index (χ1) is 11.5. The fourth-order valence-electron chi connectivity index (χ4n) is 2.91. The van der Waals surface area contributed by atoms with Gasteiger partial charge >= 0.3 is 5.97 Å². The van der Waals surface area contributed by atoms with Crippen LogP contribution in [0.4, 0.5) is 0 Å². The molecule has 0 bridgehead atoms. The summed E-state index contributed by atoms with van der Waals surface area (Å²) in [4.78, 5) is 27.1. The maximum Gasteiger partial charge on any atom is 0.312 e. The minimum Gasteiger partial charge on any atom is -0.469 e. The lowest BCUT2D eigenvalue weighted by atomic mass is 9.71. The average molecular weight is 326 g/mol. The van der Waals surface area contributed by atoms with E-state index in [-0.39, 0.29) is 11.9 Å². The Morgan fingerprint density at radius 2 is 1.92 bits per heavy atom. The Hall–Kier alpha value is -2.69. The SMILES string of the molecule is COC(=O)C(C)(C)C(c1ccccc1)c1ccc(CNC=O)nc1. The highest BCUT2D eigenvalue weighted by atomic mass is 16.5. The molecule has 126 valence electrons. The number of benzene rings is 1. The predicted molar refractivity (Wildman–Crippen MR) is 91.2 cm³/mol. The number of amides is 1. The monoisotopic (exact) mass is 326 g/mol. The molecule has 2 rings (SSSR count). The molecule has 0 aliphatic rings. The zero-order chi connectivity index (χ0) is 17.6. The zero-order valence-corrected chi connectivity index (χ0v) is 14.2. The molecule has 1 atom stereocenters. The van der Waals surface area contributed by atoms with Gasteiger partial charge in [-0.2, -0.15) is 0 Å². The molecule has 1 aromatic heterocycles. The molecule has 0 aliphatic heterocycles. The Kier molecular flexibility index (Phi) is 5.68. The van der Waals surface area contributed by atoms with Gasteiger partial charge in [-0.05, 0) is 31.0 Å². The topological polar surface area (TPSA) is 68.3 Å². The van der Waals surface area contributed by atoms with E-state index in [1.165, 1.54) is 7.11 Å². The molecule has 1 amide bonds. The van der Waals surface area contributed by atoms with Crippen LogP contribution in [0.3, 0.4) is 0 Å². The molecule has 0 radical (unpaired) electrons. The highest BCUT2D eigenvalue weighted by molar-refractivity contribution is 5.78. The molecule has 1 unspecified atom stereocenters. The summed E-state index contributed by atoms with van der Waals surface area (Å²) in [7, 11) is 1.40. The van der Waals surface area contributed by atoms with Crippen LogP contribution >= 0.6 is 0 Å². The van der Waals surface area contributed by atoms with E-state index < -0.39 is 5.41 Å². The third kappa shape index (κ3) is 3.79. The molecule has 5 heteroatoms. The molecule has 0 saturated heterocycles. The molecule has 2 aromatic rings. The van der Waals surface area contributed by atoms with Gasteiger partial charge in [0.1, 0.15) is 0 Å². The van der Waals surface area contributed by atoms with Gasteiger partial charge in [0, 0.05) is 12.1 Å². The van der Waals surface area contributed by atoms with E-state index >= 15 is 0 Å². The zero-order valence-electron chi connectivity index (χ0n) is 14.2. The number of carbonyl (C=O) groups excluding carboxylic acids is 2. The van der Waals surface area contributed by atoms with E-state index in [0.717, 1.165) is 16.8 Å². The molecule has 1 N–H and O–H groups in total. The summed E-state index contributed by atoms with van der Waals surface area (Å²) in [5.41, 5.74) is 1.95. The quantitative estimate of drug-likeness (QED) is 0.627. The van der Waals surface area contributed by atoms with E-state index in [1.807, 2.05) is 56.3 Å². The first-order valence-electron chi connectivity index (χ1n) is 7.76. The van der Waals surface area contributed by atoms with E-state index in [0.29, 0.717) is 13.0 Å². The van der Waals surface area contributed by atoms with Crippen molar-refractivity contribution in [2.45, 2.75) is 26.3 Å². The molecule has 0 saturated carbocycles. The van der Waals surface area contributed by atoms with Crippen molar-refractivity contribution in [1.82, 2.24) is 10.3 Å². The normalized spacial score (nSPS) is 12.3. The Bertz CT molecular complexity index is 682. The van der Waals surface area contributed by atoms with Crippen molar-refractivity contribution in [2.75, 3.05) is 7.11 Å². The minimum absolute atomic E-state index is 0.188. The van der Waals surface area contributed by atoms with Gasteiger partial charge in [-0.3, -0.25) is 14.6 Å². The van der Waals surface area contributed by atoms with Crippen LogP contribution in [0.2, 0.25) is 0 Å². The number of ether oxygens (including phenoxy) is 1. The maximum atomic E-state index is 12.3. The van der Waals surface area contributed by atoms with Crippen LogP contribution in [0.25, 0.3) is 0 Å². The predicted octanol–water partition coefficient (Wildman–Crippen LogP) is 2.66. The first kappa shape index (κ1) is 17.7. The van der Waals surface area contributed by atoms with Gasteiger partial charge in [0.15, 0.2) is 0 Å². The number of hydrogen-bond donors (Lipinski definition) is 1. The van der Waals surface area contributed by atoms with E-state index in [9.17, 15) is 9.59 Å². The van der Waals surface area contributed by atoms with Gasteiger partial charge in [0.25, 0.3) is 0 Å². The second-order valence-electron chi connectivity index (χ2n) is 6.14. The lowest BCUT2D eigenvalue weighted by molar-refractivity contribution is -0.151. The summed E-state index contributed by atoms with van der Waals surface area (Å²) in [6, 6.07) is 13.6. The fraction of sp³-hybridized carbons (Fsp3) is 0.316. The third-order valence-corrected chi connectivity index (χ3v) is 4.11. The van der Waals surface area contributed by atoms with Crippen molar-refractivity contribution < 1.29 is 14.3 Å². The summed E-state index contributed by atoms with van der Waals surface area (Å²) in [5.74, 6) is -0.463. The van der Waals surface area contributed by atoms with Gasteiger partial charge in [0.2, 0.25) is 6.41 Å².